The van der Waals surface area contributed by atoms with Gasteiger partial charge in [-0.15, -0.1) is 0 Å². The number of hydrogen-bond donors (Lipinski definition) is 2. The van der Waals surface area contributed by atoms with Crippen LogP contribution in [0.5, 0.6) is 5.75 Å². The number of nitrogens with one attached hydrogen (secondary N) is 1. The smallest absolute Gasteiger partial charge is 0.144 e. The van der Waals surface area contributed by atoms with E-state index >= 15 is 0 Å². The first-order valence-corrected chi connectivity index (χ1v) is 7.19. The topological polar surface area (TPSA) is 50.5 Å². The molecular weight excluding hydrogens is 238 g/mol. The molecule has 1 rings (SSSR count). The zero-order valence-electron chi connectivity index (χ0n) is 12.4. The maximum Gasteiger partial charge on any atom is 0.144 e. The van der Waals surface area contributed by atoms with Crippen LogP contribution in [0, 0.1) is 0 Å². The molecule has 1 aromatic rings. The third-order valence-electron chi connectivity index (χ3n) is 3.13. The van der Waals surface area contributed by atoms with Gasteiger partial charge in [0.1, 0.15) is 5.75 Å². The quantitative estimate of drug-likeness (QED) is 0.674. The van der Waals surface area contributed by atoms with Gasteiger partial charge in [-0.05, 0) is 31.6 Å². The predicted octanol–water partition coefficient (Wildman–Crippen LogP) is 2.81. The summed E-state index contributed by atoms with van der Waals surface area (Å²) in [5.41, 5.74) is 7.65. The van der Waals surface area contributed by atoms with Crippen molar-refractivity contribution in [1.82, 2.24) is 4.90 Å². The van der Waals surface area contributed by atoms with E-state index in [4.69, 9.17) is 10.5 Å². The lowest BCUT2D eigenvalue weighted by Gasteiger charge is -2.18. The number of hydrogen-bond acceptors (Lipinski definition) is 4. The van der Waals surface area contributed by atoms with Gasteiger partial charge in [-0.3, -0.25) is 0 Å². The van der Waals surface area contributed by atoms with Gasteiger partial charge in [-0.1, -0.05) is 20.8 Å². The van der Waals surface area contributed by atoms with Crippen LogP contribution in [0.4, 0.5) is 11.4 Å². The van der Waals surface area contributed by atoms with Gasteiger partial charge in [0, 0.05) is 24.8 Å². The second kappa shape index (κ2) is 8.64. The van der Waals surface area contributed by atoms with Gasteiger partial charge in [-0.25, -0.2) is 0 Å². The van der Waals surface area contributed by atoms with Crippen LogP contribution in [0.15, 0.2) is 18.2 Å². The Morgan fingerprint density at radius 2 is 1.95 bits per heavy atom. The van der Waals surface area contributed by atoms with Crippen molar-refractivity contribution in [2.24, 2.45) is 0 Å². The van der Waals surface area contributed by atoms with Gasteiger partial charge in [-0.2, -0.15) is 0 Å². The summed E-state index contributed by atoms with van der Waals surface area (Å²) in [6, 6.07) is 5.87. The lowest BCUT2D eigenvalue weighted by molar-refractivity contribution is 0.315. The largest absolute Gasteiger partial charge is 0.491 e. The number of benzene rings is 1. The molecule has 0 spiro atoms. The Bertz CT molecular complexity index is 364. The van der Waals surface area contributed by atoms with Gasteiger partial charge in [0.2, 0.25) is 0 Å². The van der Waals surface area contributed by atoms with Crippen LogP contribution in [0.2, 0.25) is 0 Å². The van der Waals surface area contributed by atoms with Crippen molar-refractivity contribution in [2.75, 3.05) is 43.8 Å². The van der Waals surface area contributed by atoms with Crippen molar-refractivity contribution >= 4 is 11.4 Å². The Balaban J connectivity index is 2.49. The van der Waals surface area contributed by atoms with Gasteiger partial charge < -0.3 is 20.7 Å². The monoisotopic (exact) mass is 265 g/mol. The van der Waals surface area contributed by atoms with Crippen LogP contribution in [-0.2, 0) is 0 Å². The summed E-state index contributed by atoms with van der Waals surface area (Å²) in [5, 5.41) is 3.41. The summed E-state index contributed by atoms with van der Waals surface area (Å²) in [5.74, 6) is 0.773. The van der Waals surface area contributed by atoms with Crippen LogP contribution >= 0.6 is 0 Å². The fourth-order valence-corrected chi connectivity index (χ4v) is 1.88. The van der Waals surface area contributed by atoms with E-state index < -0.39 is 0 Å². The number of nitrogen functional groups attached to an aromatic ring is 1. The van der Waals surface area contributed by atoms with Crippen molar-refractivity contribution in [2.45, 2.75) is 27.2 Å². The third-order valence-corrected chi connectivity index (χ3v) is 3.13. The van der Waals surface area contributed by atoms with E-state index in [0.717, 1.165) is 44.0 Å². The number of ether oxygens (including phenoxy) is 1. The Labute approximate surface area is 116 Å². The first-order valence-electron chi connectivity index (χ1n) is 7.19. The van der Waals surface area contributed by atoms with Gasteiger partial charge in [0.25, 0.3) is 0 Å². The minimum absolute atomic E-state index is 0.697. The molecule has 0 unspecified atom stereocenters. The fourth-order valence-electron chi connectivity index (χ4n) is 1.88. The molecule has 0 heterocycles. The van der Waals surface area contributed by atoms with E-state index in [0.29, 0.717) is 12.3 Å². The molecule has 1 aromatic carbocycles. The molecular formula is C15H27N3O. The van der Waals surface area contributed by atoms with Crippen molar-refractivity contribution in [3.05, 3.63) is 18.2 Å². The number of nitrogens with two attached hydrogens (primary N) is 1. The lowest BCUT2D eigenvalue weighted by Crippen LogP contribution is -2.28. The van der Waals surface area contributed by atoms with Gasteiger partial charge >= 0.3 is 0 Å². The van der Waals surface area contributed by atoms with Crippen LogP contribution in [0.1, 0.15) is 27.2 Å². The first kappa shape index (κ1) is 15.6. The third kappa shape index (κ3) is 5.39. The molecule has 0 amide bonds. The zero-order valence-corrected chi connectivity index (χ0v) is 12.4. The second-order valence-electron chi connectivity index (χ2n) is 4.55. The minimum atomic E-state index is 0.697. The summed E-state index contributed by atoms with van der Waals surface area (Å²) in [6.07, 6.45) is 0.985. The molecule has 0 aliphatic carbocycles. The highest BCUT2D eigenvalue weighted by atomic mass is 16.5. The highest BCUT2D eigenvalue weighted by molar-refractivity contribution is 5.61. The summed E-state index contributed by atoms with van der Waals surface area (Å²) < 4.78 is 5.62. The number of rotatable bonds is 9. The minimum Gasteiger partial charge on any atom is -0.491 e. The molecule has 4 nitrogen and oxygen atoms in total. The molecule has 0 atom stereocenters. The number of likely N-dealkylation sites (N-methyl/N-ethyl adjacent to an activating group) is 1. The molecule has 0 aliphatic heterocycles. The maximum atomic E-state index is 5.89. The van der Waals surface area contributed by atoms with Gasteiger partial charge in [0.05, 0.1) is 12.3 Å². The van der Waals surface area contributed by atoms with Crippen molar-refractivity contribution < 1.29 is 4.74 Å². The summed E-state index contributed by atoms with van der Waals surface area (Å²) in [4.78, 5) is 2.39. The lowest BCUT2D eigenvalue weighted by atomic mass is 10.2. The number of anilines is 2. The van der Waals surface area contributed by atoms with E-state index in [1.165, 1.54) is 0 Å². The van der Waals surface area contributed by atoms with Crippen molar-refractivity contribution in [1.29, 1.82) is 0 Å². The molecule has 19 heavy (non-hydrogen) atoms. The maximum absolute atomic E-state index is 5.89. The highest BCUT2D eigenvalue weighted by Crippen LogP contribution is 2.25. The standard InChI is InChI=1S/C15H27N3O/c1-4-11-19-15-12-13(7-8-14(15)16)17-9-10-18(5-2)6-3/h7-8,12,17H,4-6,9-11,16H2,1-3H3. The predicted molar refractivity (Wildman–Crippen MR) is 82.9 cm³/mol. The molecule has 0 bridgehead atoms. The Hall–Kier alpha value is -1.42. The second-order valence-corrected chi connectivity index (χ2v) is 4.55. The highest BCUT2D eigenvalue weighted by Gasteiger charge is 2.03. The first-order chi connectivity index (χ1) is 9.21. The van der Waals surface area contributed by atoms with Crippen LogP contribution in [0.3, 0.4) is 0 Å². The Morgan fingerprint density at radius 3 is 2.58 bits per heavy atom. The average molecular weight is 265 g/mol. The number of nitrogens with zero attached hydrogens (tertiary/aromatic N) is 1. The van der Waals surface area contributed by atoms with Crippen molar-refractivity contribution in [3.63, 3.8) is 0 Å². The molecule has 0 aromatic heterocycles. The molecule has 0 saturated heterocycles. The molecule has 108 valence electrons. The Kier molecular flexibility index (Phi) is 7.11. The molecule has 4 heteroatoms. The summed E-state index contributed by atoms with van der Waals surface area (Å²) in [6.45, 7) is 11.3. The van der Waals surface area contributed by atoms with E-state index in [1.807, 2.05) is 18.2 Å². The SMILES string of the molecule is CCCOc1cc(NCCN(CC)CC)ccc1N. The van der Waals surface area contributed by atoms with Crippen LogP contribution in [-0.4, -0.2) is 37.7 Å². The molecule has 0 radical (unpaired) electrons. The molecule has 0 fully saturated rings. The van der Waals surface area contributed by atoms with Crippen LogP contribution < -0.4 is 15.8 Å². The van der Waals surface area contributed by atoms with Crippen molar-refractivity contribution in [3.8, 4) is 5.75 Å². The van der Waals surface area contributed by atoms with E-state index in [2.05, 4.69) is 31.0 Å². The summed E-state index contributed by atoms with van der Waals surface area (Å²) in [7, 11) is 0. The van der Waals surface area contributed by atoms with E-state index in [-0.39, 0.29) is 0 Å². The summed E-state index contributed by atoms with van der Waals surface area (Å²) >= 11 is 0. The van der Waals surface area contributed by atoms with Crippen LogP contribution in [0.25, 0.3) is 0 Å². The molecule has 0 aliphatic rings. The van der Waals surface area contributed by atoms with E-state index in [9.17, 15) is 0 Å². The van der Waals surface area contributed by atoms with Gasteiger partial charge in [0.15, 0.2) is 0 Å². The molecule has 0 saturated carbocycles. The fraction of sp³-hybridized carbons (Fsp3) is 0.600. The normalized spacial score (nSPS) is 10.7. The average Bonchev–Trinajstić information content (AvgIpc) is 2.44. The Morgan fingerprint density at radius 1 is 1.21 bits per heavy atom. The zero-order chi connectivity index (χ0) is 14.1. The van der Waals surface area contributed by atoms with E-state index in [1.54, 1.807) is 0 Å². The molecule has 3 N–H and O–H groups in total.